The summed E-state index contributed by atoms with van der Waals surface area (Å²) in [4.78, 5) is 15.6. The van der Waals surface area contributed by atoms with E-state index < -0.39 is 10.0 Å². The first kappa shape index (κ1) is 32.0. The van der Waals surface area contributed by atoms with E-state index in [2.05, 4.69) is 32.4 Å². The lowest BCUT2D eigenvalue weighted by atomic mass is 10.0. The zero-order valence-electron chi connectivity index (χ0n) is 25.3. The highest BCUT2D eigenvalue weighted by atomic mass is 32.2. The van der Waals surface area contributed by atoms with Crippen LogP contribution in [-0.4, -0.2) is 51.7 Å². The Balaban J connectivity index is 1.10. The summed E-state index contributed by atoms with van der Waals surface area (Å²) < 4.78 is 49.9. The lowest BCUT2D eigenvalue weighted by Gasteiger charge is -2.32. The minimum atomic E-state index is -3.32. The molecule has 0 radical (unpaired) electrons. The largest absolute Gasteiger partial charge is 0.496 e. The number of carbonyl (C=O) groups is 1. The molecule has 1 heterocycles. The zero-order chi connectivity index (χ0) is 31.8. The van der Waals surface area contributed by atoms with E-state index in [9.17, 15) is 17.6 Å². The van der Waals surface area contributed by atoms with Crippen molar-refractivity contribution in [3.8, 4) is 17.2 Å². The van der Waals surface area contributed by atoms with Crippen LogP contribution in [0, 0.1) is 5.82 Å². The number of sulfonamides is 1. The fourth-order valence-corrected chi connectivity index (χ4v) is 5.85. The molecular weight excluding hydrogens is 595 g/mol. The number of likely N-dealkylation sites (tertiary alicyclic amines) is 1. The highest BCUT2D eigenvalue weighted by molar-refractivity contribution is 7.92. The molecular formula is C34H37FN4O5S. The predicted octanol–water partition coefficient (Wildman–Crippen LogP) is 6.00. The monoisotopic (exact) mass is 632 g/mol. The Morgan fingerprint density at radius 3 is 2.13 bits per heavy atom. The number of hydrogen-bond donors (Lipinski definition) is 3. The van der Waals surface area contributed by atoms with Crippen LogP contribution in [0.4, 0.5) is 15.8 Å². The van der Waals surface area contributed by atoms with Gasteiger partial charge in [-0.05, 0) is 104 Å². The van der Waals surface area contributed by atoms with Crippen LogP contribution in [0.15, 0.2) is 91.0 Å². The molecule has 3 N–H and O–H groups in total. The molecule has 236 valence electrons. The topological polar surface area (TPSA) is 109 Å². The Morgan fingerprint density at radius 2 is 1.51 bits per heavy atom. The molecule has 0 atom stereocenters. The minimum Gasteiger partial charge on any atom is -0.496 e. The van der Waals surface area contributed by atoms with E-state index in [1.165, 1.54) is 29.8 Å². The van der Waals surface area contributed by atoms with Gasteiger partial charge in [-0.25, -0.2) is 12.8 Å². The summed E-state index contributed by atoms with van der Waals surface area (Å²) in [6.45, 7) is 3.24. The van der Waals surface area contributed by atoms with Crippen LogP contribution in [0.2, 0.25) is 0 Å². The molecule has 0 unspecified atom stereocenters. The Kier molecular flexibility index (Phi) is 10.3. The molecule has 1 aliphatic heterocycles. The van der Waals surface area contributed by atoms with Crippen LogP contribution >= 0.6 is 0 Å². The van der Waals surface area contributed by atoms with Gasteiger partial charge in [-0.3, -0.25) is 14.4 Å². The van der Waals surface area contributed by atoms with Gasteiger partial charge in [-0.2, -0.15) is 0 Å². The number of hydrogen-bond acceptors (Lipinski definition) is 7. The van der Waals surface area contributed by atoms with E-state index in [1.54, 1.807) is 37.4 Å². The van der Waals surface area contributed by atoms with Crippen molar-refractivity contribution in [2.24, 2.45) is 0 Å². The van der Waals surface area contributed by atoms with Crippen molar-refractivity contribution >= 4 is 27.3 Å². The van der Waals surface area contributed by atoms with Crippen LogP contribution in [0.1, 0.15) is 34.3 Å². The molecule has 0 aliphatic carbocycles. The number of nitrogens with zero attached hydrogens (tertiary/aromatic N) is 1. The van der Waals surface area contributed by atoms with Crippen molar-refractivity contribution in [3.63, 3.8) is 0 Å². The third kappa shape index (κ3) is 9.27. The maximum absolute atomic E-state index is 13.3. The molecule has 1 saturated heterocycles. The molecule has 0 bridgehead atoms. The maximum atomic E-state index is 13.3. The maximum Gasteiger partial charge on any atom is 0.259 e. The molecule has 0 aromatic heterocycles. The van der Waals surface area contributed by atoms with Crippen molar-refractivity contribution in [1.29, 1.82) is 0 Å². The molecule has 1 aliphatic rings. The van der Waals surface area contributed by atoms with Crippen LogP contribution in [0.25, 0.3) is 0 Å². The van der Waals surface area contributed by atoms with Crippen molar-refractivity contribution < 1.29 is 27.1 Å². The molecule has 4 aromatic rings. The minimum absolute atomic E-state index is 0.304. The number of anilines is 2. The molecule has 9 nitrogen and oxygen atoms in total. The van der Waals surface area contributed by atoms with Crippen LogP contribution in [0.3, 0.4) is 0 Å². The standard InChI is InChI=1S/C34H37FN4O5S/c1-43-32-5-3-4-25(33(32)34(40)37-28-10-8-26(35)9-11-28)22-36-27-18-20-39(21-19-27)23-24-6-14-30(15-7-24)44-31-16-12-29(13-17-31)38-45(2,41)42/h3-17,27,36,38H,18-23H2,1-2H3,(H,37,40). The number of nitrogens with one attached hydrogen (secondary N) is 3. The van der Waals surface area contributed by atoms with Gasteiger partial charge in [0, 0.05) is 30.5 Å². The Bertz CT molecular complexity index is 1690. The van der Waals surface area contributed by atoms with Crippen LogP contribution < -0.4 is 24.8 Å². The van der Waals surface area contributed by atoms with E-state index in [0.29, 0.717) is 46.8 Å². The molecule has 1 amide bonds. The number of halogens is 1. The quantitative estimate of drug-likeness (QED) is 0.176. The van der Waals surface area contributed by atoms with Gasteiger partial charge in [0.2, 0.25) is 10.0 Å². The summed E-state index contributed by atoms with van der Waals surface area (Å²) >= 11 is 0. The zero-order valence-corrected chi connectivity index (χ0v) is 26.1. The normalized spacial score (nSPS) is 14.1. The van der Waals surface area contributed by atoms with E-state index >= 15 is 0 Å². The summed E-state index contributed by atoms with van der Waals surface area (Å²) in [5, 5.41) is 6.47. The number of ether oxygens (including phenoxy) is 2. The molecule has 5 rings (SSSR count). The smallest absolute Gasteiger partial charge is 0.259 e. The molecule has 4 aromatic carbocycles. The number of amides is 1. The molecule has 11 heteroatoms. The van der Waals surface area contributed by atoms with Gasteiger partial charge in [0.15, 0.2) is 0 Å². The summed E-state index contributed by atoms with van der Waals surface area (Å²) in [5.41, 5.74) is 3.48. The second-order valence-corrected chi connectivity index (χ2v) is 12.8. The average Bonchev–Trinajstić information content (AvgIpc) is 3.02. The Hall–Kier alpha value is -4.45. The second-order valence-electron chi connectivity index (χ2n) is 11.0. The molecule has 1 fully saturated rings. The summed E-state index contributed by atoms with van der Waals surface area (Å²) in [5.74, 6) is 1.14. The van der Waals surface area contributed by atoms with E-state index in [1.807, 2.05) is 24.3 Å². The van der Waals surface area contributed by atoms with E-state index in [-0.39, 0.29) is 11.7 Å². The first-order valence-corrected chi connectivity index (χ1v) is 16.6. The van der Waals surface area contributed by atoms with Gasteiger partial charge in [0.1, 0.15) is 23.1 Å². The van der Waals surface area contributed by atoms with Crippen molar-refractivity contribution in [3.05, 3.63) is 114 Å². The number of carbonyl (C=O) groups excluding carboxylic acids is 1. The Morgan fingerprint density at radius 1 is 0.889 bits per heavy atom. The Labute approximate surface area is 263 Å². The average molecular weight is 633 g/mol. The molecule has 0 spiro atoms. The summed E-state index contributed by atoms with van der Waals surface area (Å²) in [6, 6.07) is 26.3. The number of methoxy groups -OCH3 is 1. The predicted molar refractivity (Wildman–Crippen MR) is 174 cm³/mol. The van der Waals surface area contributed by atoms with Gasteiger partial charge in [-0.15, -0.1) is 0 Å². The number of rotatable bonds is 12. The highest BCUT2D eigenvalue weighted by Crippen LogP contribution is 2.26. The molecule has 45 heavy (non-hydrogen) atoms. The SMILES string of the molecule is COc1cccc(CNC2CCN(Cc3ccc(Oc4ccc(NS(C)(=O)=O)cc4)cc3)CC2)c1C(=O)Nc1ccc(F)cc1. The lowest BCUT2D eigenvalue weighted by Crippen LogP contribution is -2.42. The number of benzene rings is 4. The molecule has 0 saturated carbocycles. The van der Waals surface area contributed by atoms with Gasteiger partial charge in [0.25, 0.3) is 5.91 Å². The van der Waals surface area contributed by atoms with Crippen LogP contribution in [-0.2, 0) is 23.1 Å². The van der Waals surface area contributed by atoms with Gasteiger partial charge >= 0.3 is 0 Å². The van der Waals surface area contributed by atoms with E-state index in [0.717, 1.165) is 44.3 Å². The van der Waals surface area contributed by atoms with Crippen LogP contribution in [0.5, 0.6) is 17.2 Å². The van der Waals surface area contributed by atoms with Crippen molar-refractivity contribution in [2.75, 3.05) is 36.5 Å². The van der Waals surface area contributed by atoms with Gasteiger partial charge < -0.3 is 20.1 Å². The van der Waals surface area contributed by atoms with E-state index in [4.69, 9.17) is 9.47 Å². The third-order valence-electron chi connectivity index (χ3n) is 7.55. The first-order valence-electron chi connectivity index (χ1n) is 14.7. The highest BCUT2D eigenvalue weighted by Gasteiger charge is 2.22. The third-order valence-corrected chi connectivity index (χ3v) is 8.16. The lowest BCUT2D eigenvalue weighted by molar-refractivity contribution is 0.102. The van der Waals surface area contributed by atoms with Gasteiger partial charge in [-0.1, -0.05) is 24.3 Å². The van der Waals surface area contributed by atoms with Crippen molar-refractivity contribution in [1.82, 2.24) is 10.2 Å². The van der Waals surface area contributed by atoms with Crippen molar-refractivity contribution in [2.45, 2.75) is 32.0 Å². The fraction of sp³-hybridized carbons (Fsp3) is 0.265. The second kappa shape index (κ2) is 14.6. The summed E-state index contributed by atoms with van der Waals surface area (Å²) in [6.07, 6.45) is 3.07. The first-order chi connectivity index (χ1) is 21.6. The number of piperidine rings is 1. The summed E-state index contributed by atoms with van der Waals surface area (Å²) in [7, 11) is -1.78. The fourth-order valence-electron chi connectivity index (χ4n) is 5.29. The van der Waals surface area contributed by atoms with Gasteiger partial charge in [0.05, 0.1) is 18.9 Å².